The minimum Gasteiger partial charge on any atom is -0.468 e. The molecule has 0 amide bonds. The highest BCUT2D eigenvalue weighted by Gasteiger charge is 2.39. The SMILES string of the molecule is COC(=O)[C@@H](NP(=O)(O)OC[C@H]1OC(n2cc(C)c(=O)[nH]c2=O)C[C@H]1N=[N+]=[N-])C(C)C. The minimum absolute atomic E-state index is 0.0728. The van der Waals surface area contributed by atoms with Crippen LogP contribution in [-0.2, 0) is 23.4 Å². The largest absolute Gasteiger partial charge is 0.468 e. The summed E-state index contributed by atoms with van der Waals surface area (Å²) >= 11 is 0. The summed E-state index contributed by atoms with van der Waals surface area (Å²) < 4.78 is 28.9. The van der Waals surface area contributed by atoms with Gasteiger partial charge in [-0.15, -0.1) is 0 Å². The quantitative estimate of drug-likeness (QED) is 0.156. The average Bonchev–Trinajstić information content (AvgIpc) is 3.09. The van der Waals surface area contributed by atoms with Crippen LogP contribution < -0.4 is 16.3 Å². The number of aryl methyl sites for hydroxylation is 1. The van der Waals surface area contributed by atoms with Crippen molar-refractivity contribution in [2.45, 2.75) is 51.6 Å². The lowest BCUT2D eigenvalue weighted by molar-refractivity contribution is -0.143. The number of nitrogens with one attached hydrogen (secondary N) is 2. The molecule has 1 aliphatic rings. The summed E-state index contributed by atoms with van der Waals surface area (Å²) in [5, 5.41) is 5.84. The van der Waals surface area contributed by atoms with E-state index in [-0.39, 0.29) is 17.9 Å². The number of aromatic amines is 1. The highest BCUT2D eigenvalue weighted by Crippen LogP contribution is 2.40. The predicted octanol–water partition coefficient (Wildman–Crippen LogP) is 0.716. The molecule has 2 rings (SSSR count). The molecule has 0 aromatic carbocycles. The van der Waals surface area contributed by atoms with Gasteiger partial charge in [-0.25, -0.2) is 14.4 Å². The first kappa shape index (κ1) is 24.8. The van der Waals surface area contributed by atoms with Crippen LogP contribution in [0.4, 0.5) is 0 Å². The smallest absolute Gasteiger partial charge is 0.403 e. The molecule has 2 unspecified atom stereocenters. The Bertz CT molecular complexity index is 1020. The topological polar surface area (TPSA) is 198 Å². The van der Waals surface area contributed by atoms with Crippen LogP contribution >= 0.6 is 7.75 Å². The van der Waals surface area contributed by atoms with E-state index in [4.69, 9.17) is 14.8 Å². The molecule has 1 aromatic heterocycles. The first-order valence-corrected chi connectivity index (χ1v) is 10.9. The fourth-order valence-electron chi connectivity index (χ4n) is 3.01. The standard InChI is InChI=1S/C16H25N6O8P/c1-8(2)13(15(24)28-4)20-31(26,27)29-7-11-10(19-21-17)5-12(30-11)22-6-9(3)14(23)18-16(22)25/h6,8,10-13H,5,7H2,1-4H3,(H,18,23,25)(H2,20,26,27)/t10-,11-,12?,13+/m1/s1. The van der Waals surface area contributed by atoms with Gasteiger partial charge in [0.05, 0.1) is 25.9 Å². The van der Waals surface area contributed by atoms with Crippen LogP contribution in [0.15, 0.2) is 20.9 Å². The van der Waals surface area contributed by atoms with E-state index >= 15 is 0 Å². The molecular weight excluding hydrogens is 435 g/mol. The Hall–Kier alpha value is -2.47. The van der Waals surface area contributed by atoms with Crippen molar-refractivity contribution in [3.8, 4) is 0 Å². The van der Waals surface area contributed by atoms with E-state index in [0.29, 0.717) is 0 Å². The molecule has 14 nitrogen and oxygen atoms in total. The van der Waals surface area contributed by atoms with Crippen molar-refractivity contribution in [3.05, 3.63) is 43.0 Å². The second-order valence-electron chi connectivity index (χ2n) is 7.31. The van der Waals surface area contributed by atoms with Crippen LogP contribution in [0.5, 0.6) is 0 Å². The van der Waals surface area contributed by atoms with Gasteiger partial charge >= 0.3 is 19.4 Å². The van der Waals surface area contributed by atoms with E-state index in [2.05, 4.69) is 24.8 Å². The number of aromatic nitrogens is 2. The highest BCUT2D eigenvalue weighted by molar-refractivity contribution is 7.50. The lowest BCUT2D eigenvalue weighted by atomic mass is 10.1. The van der Waals surface area contributed by atoms with Crippen molar-refractivity contribution in [1.82, 2.24) is 14.6 Å². The number of hydrogen-bond acceptors (Lipinski definition) is 8. The number of H-pyrrole nitrogens is 1. The summed E-state index contributed by atoms with van der Waals surface area (Å²) in [6, 6.07) is -1.90. The molecule has 2 heterocycles. The van der Waals surface area contributed by atoms with Crippen molar-refractivity contribution < 1.29 is 28.3 Å². The maximum absolute atomic E-state index is 12.4. The van der Waals surface area contributed by atoms with Crippen molar-refractivity contribution in [2.75, 3.05) is 13.7 Å². The van der Waals surface area contributed by atoms with Gasteiger partial charge in [0.2, 0.25) is 0 Å². The van der Waals surface area contributed by atoms with E-state index in [0.717, 1.165) is 11.7 Å². The number of esters is 1. The van der Waals surface area contributed by atoms with Gasteiger partial charge < -0.3 is 14.4 Å². The van der Waals surface area contributed by atoms with Crippen LogP contribution in [0.1, 0.15) is 32.1 Å². The van der Waals surface area contributed by atoms with Crippen molar-refractivity contribution in [2.24, 2.45) is 11.0 Å². The van der Waals surface area contributed by atoms with Gasteiger partial charge in [0.25, 0.3) is 5.56 Å². The second kappa shape index (κ2) is 10.2. The third-order valence-corrected chi connectivity index (χ3v) is 5.80. The Morgan fingerprint density at radius 2 is 2.23 bits per heavy atom. The molecule has 172 valence electrons. The Morgan fingerprint density at radius 1 is 1.55 bits per heavy atom. The zero-order valence-electron chi connectivity index (χ0n) is 17.4. The van der Waals surface area contributed by atoms with Crippen LogP contribution in [0, 0.1) is 12.8 Å². The van der Waals surface area contributed by atoms with Gasteiger partial charge in [0, 0.05) is 23.1 Å². The first-order chi connectivity index (χ1) is 14.5. The van der Waals surface area contributed by atoms with Gasteiger partial charge in [-0.1, -0.05) is 19.0 Å². The molecule has 5 atom stereocenters. The van der Waals surface area contributed by atoms with Gasteiger partial charge in [-0.2, -0.15) is 0 Å². The van der Waals surface area contributed by atoms with E-state index in [9.17, 15) is 23.8 Å². The van der Waals surface area contributed by atoms with Crippen molar-refractivity contribution in [1.29, 1.82) is 0 Å². The van der Waals surface area contributed by atoms with Crippen LogP contribution in [-0.4, -0.2) is 52.3 Å². The van der Waals surface area contributed by atoms with E-state index in [1.54, 1.807) is 13.8 Å². The Morgan fingerprint density at radius 3 is 2.81 bits per heavy atom. The fraction of sp³-hybridized carbons (Fsp3) is 0.688. The summed E-state index contributed by atoms with van der Waals surface area (Å²) in [5.41, 5.74) is 7.83. The number of nitrogens with zero attached hydrogens (tertiary/aromatic N) is 4. The number of carbonyl (C=O) groups excluding carboxylic acids is 1. The summed E-state index contributed by atoms with van der Waals surface area (Å²) in [5.74, 6) is -1.10. The lowest BCUT2D eigenvalue weighted by Gasteiger charge is -2.24. The summed E-state index contributed by atoms with van der Waals surface area (Å²) in [4.78, 5) is 50.5. The second-order valence-corrected chi connectivity index (χ2v) is 8.86. The van der Waals surface area contributed by atoms with E-state index < -0.39 is 56.0 Å². The molecular formula is C16H25N6O8P. The summed E-state index contributed by atoms with van der Waals surface area (Å²) in [6.45, 7) is 4.35. The van der Waals surface area contributed by atoms with Crippen molar-refractivity contribution >= 4 is 13.7 Å². The Balaban J connectivity index is 2.14. The number of methoxy groups -OCH3 is 1. The average molecular weight is 460 g/mol. The number of ether oxygens (including phenoxy) is 2. The molecule has 1 saturated heterocycles. The molecule has 1 fully saturated rings. The lowest BCUT2D eigenvalue weighted by Crippen LogP contribution is -2.40. The predicted molar refractivity (Wildman–Crippen MR) is 107 cm³/mol. The summed E-state index contributed by atoms with van der Waals surface area (Å²) in [6.07, 6.45) is -0.470. The maximum atomic E-state index is 12.4. The molecule has 15 heteroatoms. The third-order valence-electron chi connectivity index (χ3n) is 4.70. The third kappa shape index (κ3) is 6.26. The maximum Gasteiger partial charge on any atom is 0.403 e. The number of rotatable bonds is 9. The van der Waals surface area contributed by atoms with Crippen LogP contribution in [0.25, 0.3) is 10.4 Å². The number of azide groups is 1. The normalized spacial score (nSPS) is 23.7. The molecule has 31 heavy (non-hydrogen) atoms. The van der Waals surface area contributed by atoms with Gasteiger partial charge in [-0.05, 0) is 18.4 Å². The summed E-state index contributed by atoms with van der Waals surface area (Å²) in [7, 11) is -3.31. The highest BCUT2D eigenvalue weighted by atomic mass is 31.2. The van der Waals surface area contributed by atoms with Crippen LogP contribution in [0.3, 0.4) is 0 Å². The van der Waals surface area contributed by atoms with Crippen LogP contribution in [0.2, 0.25) is 0 Å². The monoisotopic (exact) mass is 460 g/mol. The molecule has 1 aromatic rings. The zero-order chi connectivity index (χ0) is 23.3. The molecule has 0 bridgehead atoms. The van der Waals surface area contributed by atoms with Gasteiger partial charge in [-0.3, -0.25) is 23.7 Å². The Labute approximate surface area is 176 Å². The van der Waals surface area contributed by atoms with Gasteiger partial charge in [0.1, 0.15) is 12.3 Å². The molecule has 0 spiro atoms. The number of hydrogen-bond donors (Lipinski definition) is 3. The minimum atomic E-state index is -4.46. The molecule has 3 N–H and O–H groups in total. The van der Waals surface area contributed by atoms with E-state index in [1.807, 2.05) is 0 Å². The molecule has 1 aliphatic heterocycles. The fourth-order valence-corrected chi connectivity index (χ4v) is 4.19. The molecule has 0 radical (unpaired) electrons. The van der Waals surface area contributed by atoms with Crippen molar-refractivity contribution in [3.63, 3.8) is 0 Å². The van der Waals surface area contributed by atoms with E-state index in [1.165, 1.54) is 13.1 Å². The molecule has 0 saturated carbocycles. The van der Waals surface area contributed by atoms with Gasteiger partial charge in [0.15, 0.2) is 0 Å². The Kier molecular flexibility index (Phi) is 8.18. The number of carbonyl (C=O) groups is 1. The zero-order valence-corrected chi connectivity index (χ0v) is 18.3. The molecule has 0 aliphatic carbocycles. The first-order valence-electron chi connectivity index (χ1n) is 9.33.